The Labute approximate surface area is 122 Å². The van der Waals surface area contributed by atoms with Gasteiger partial charge < -0.3 is 14.5 Å². The second kappa shape index (κ2) is 5.92. The number of carbonyl (C=O) groups excluding carboxylic acids is 1. The van der Waals surface area contributed by atoms with Crippen LogP contribution in [0.1, 0.15) is 16.8 Å². The van der Waals surface area contributed by atoms with Gasteiger partial charge in [-0.15, -0.1) is 0 Å². The third-order valence-corrected chi connectivity index (χ3v) is 4.20. The molecule has 0 bridgehead atoms. The van der Waals surface area contributed by atoms with Gasteiger partial charge in [0.25, 0.3) is 5.91 Å². The molecule has 1 amide bonds. The summed E-state index contributed by atoms with van der Waals surface area (Å²) in [5, 5.41) is 0. The maximum Gasteiger partial charge on any atom is 0.253 e. The normalized spacial score (nSPS) is 19.0. The van der Waals surface area contributed by atoms with Crippen molar-refractivity contribution in [2.24, 2.45) is 0 Å². The third kappa shape index (κ3) is 3.09. The highest BCUT2D eigenvalue weighted by Crippen LogP contribution is 2.26. The number of benzene rings is 1. The average molecular weight is 327 g/mol. The minimum atomic E-state index is 0.0905. The van der Waals surface area contributed by atoms with Gasteiger partial charge in [-0.05, 0) is 54.6 Å². The van der Waals surface area contributed by atoms with Crippen molar-refractivity contribution in [3.8, 4) is 5.75 Å². The number of ether oxygens (including phenoxy) is 1. The maximum atomic E-state index is 12.4. The summed E-state index contributed by atoms with van der Waals surface area (Å²) in [6.45, 7) is 1.63. The molecule has 104 valence electrons. The Morgan fingerprint density at radius 2 is 2.21 bits per heavy atom. The first-order valence-corrected chi connectivity index (χ1v) is 7.11. The van der Waals surface area contributed by atoms with Crippen LogP contribution in [-0.2, 0) is 0 Å². The summed E-state index contributed by atoms with van der Waals surface area (Å²) in [6.07, 6.45) is 1.04. The lowest BCUT2D eigenvalue weighted by Gasteiger charge is -2.20. The van der Waals surface area contributed by atoms with Crippen molar-refractivity contribution >= 4 is 21.8 Å². The summed E-state index contributed by atoms with van der Waals surface area (Å²) >= 11 is 3.42. The molecule has 0 aliphatic carbocycles. The fourth-order valence-corrected chi connectivity index (χ4v) is 2.87. The Morgan fingerprint density at radius 1 is 1.47 bits per heavy atom. The molecule has 1 saturated heterocycles. The SMILES string of the molecule is COc1ccc(C(=O)N2CCC(N(C)C)C2)cc1Br. The number of amides is 1. The summed E-state index contributed by atoms with van der Waals surface area (Å²) in [6, 6.07) is 5.92. The van der Waals surface area contributed by atoms with Gasteiger partial charge in [0.1, 0.15) is 5.75 Å². The van der Waals surface area contributed by atoms with Crippen molar-refractivity contribution < 1.29 is 9.53 Å². The zero-order valence-corrected chi connectivity index (χ0v) is 13.1. The molecule has 0 N–H and O–H groups in total. The molecule has 19 heavy (non-hydrogen) atoms. The van der Waals surface area contributed by atoms with Gasteiger partial charge in [0, 0.05) is 24.7 Å². The zero-order valence-electron chi connectivity index (χ0n) is 11.5. The number of halogens is 1. The maximum absolute atomic E-state index is 12.4. The number of methoxy groups -OCH3 is 1. The molecule has 5 heteroatoms. The lowest BCUT2D eigenvalue weighted by molar-refractivity contribution is 0.0783. The number of rotatable bonds is 3. The summed E-state index contributed by atoms with van der Waals surface area (Å²) < 4.78 is 5.98. The number of hydrogen-bond acceptors (Lipinski definition) is 3. The quantitative estimate of drug-likeness (QED) is 0.854. The van der Waals surface area contributed by atoms with E-state index in [1.807, 2.05) is 23.1 Å². The van der Waals surface area contributed by atoms with E-state index in [1.165, 1.54) is 0 Å². The molecule has 1 atom stereocenters. The topological polar surface area (TPSA) is 32.8 Å². The number of carbonyl (C=O) groups is 1. The van der Waals surface area contributed by atoms with Gasteiger partial charge in [0.05, 0.1) is 11.6 Å². The van der Waals surface area contributed by atoms with Crippen LogP contribution in [0.25, 0.3) is 0 Å². The van der Waals surface area contributed by atoms with E-state index in [0.29, 0.717) is 11.6 Å². The van der Waals surface area contributed by atoms with Crippen LogP contribution in [0.3, 0.4) is 0 Å². The van der Waals surface area contributed by atoms with Gasteiger partial charge >= 0.3 is 0 Å². The van der Waals surface area contributed by atoms with Gasteiger partial charge in [-0.25, -0.2) is 0 Å². The monoisotopic (exact) mass is 326 g/mol. The lowest BCUT2D eigenvalue weighted by Crippen LogP contribution is -2.34. The van der Waals surface area contributed by atoms with Gasteiger partial charge in [0.2, 0.25) is 0 Å². The largest absolute Gasteiger partial charge is 0.496 e. The molecular weight excluding hydrogens is 308 g/mol. The lowest BCUT2D eigenvalue weighted by atomic mass is 10.2. The van der Waals surface area contributed by atoms with E-state index in [0.717, 1.165) is 29.7 Å². The second-order valence-corrected chi connectivity index (χ2v) is 5.86. The highest BCUT2D eigenvalue weighted by atomic mass is 79.9. The Hall–Kier alpha value is -1.07. The molecule has 4 nitrogen and oxygen atoms in total. The predicted molar refractivity (Wildman–Crippen MR) is 78.7 cm³/mol. The van der Waals surface area contributed by atoms with Crippen LogP contribution in [0, 0.1) is 0 Å². The number of hydrogen-bond donors (Lipinski definition) is 0. The molecule has 0 radical (unpaired) electrons. The number of nitrogens with zero attached hydrogens (tertiary/aromatic N) is 2. The van der Waals surface area contributed by atoms with Crippen molar-refractivity contribution in [2.45, 2.75) is 12.5 Å². The highest BCUT2D eigenvalue weighted by Gasteiger charge is 2.28. The van der Waals surface area contributed by atoms with E-state index < -0.39 is 0 Å². The van der Waals surface area contributed by atoms with E-state index >= 15 is 0 Å². The van der Waals surface area contributed by atoms with Crippen LogP contribution < -0.4 is 4.74 Å². The molecule has 1 aliphatic rings. The fraction of sp³-hybridized carbons (Fsp3) is 0.500. The summed E-state index contributed by atoms with van der Waals surface area (Å²) in [5.41, 5.74) is 0.701. The van der Waals surface area contributed by atoms with Crippen LogP contribution in [0.4, 0.5) is 0 Å². The van der Waals surface area contributed by atoms with Crippen LogP contribution in [0.2, 0.25) is 0 Å². The van der Waals surface area contributed by atoms with Crippen LogP contribution in [0.5, 0.6) is 5.75 Å². The minimum Gasteiger partial charge on any atom is -0.496 e. The van der Waals surface area contributed by atoms with Crippen LogP contribution >= 0.6 is 15.9 Å². The van der Waals surface area contributed by atoms with Gasteiger partial charge in [0.15, 0.2) is 0 Å². The van der Waals surface area contributed by atoms with Gasteiger partial charge in [-0.3, -0.25) is 4.79 Å². The molecule has 0 spiro atoms. The molecular formula is C14H19BrN2O2. The van der Waals surface area contributed by atoms with Crippen molar-refractivity contribution in [3.05, 3.63) is 28.2 Å². The van der Waals surface area contributed by atoms with E-state index in [4.69, 9.17) is 4.74 Å². The van der Waals surface area contributed by atoms with E-state index in [-0.39, 0.29) is 5.91 Å². The van der Waals surface area contributed by atoms with E-state index in [1.54, 1.807) is 7.11 Å². The molecule has 1 aromatic carbocycles. The van der Waals surface area contributed by atoms with E-state index in [9.17, 15) is 4.79 Å². The standard InChI is InChI=1S/C14H19BrN2O2/c1-16(2)11-6-7-17(9-11)14(18)10-4-5-13(19-3)12(15)8-10/h4-5,8,11H,6-7,9H2,1-3H3. The summed E-state index contributed by atoms with van der Waals surface area (Å²) in [4.78, 5) is 16.5. The third-order valence-electron chi connectivity index (χ3n) is 3.58. The highest BCUT2D eigenvalue weighted by molar-refractivity contribution is 9.10. The molecule has 1 unspecified atom stereocenters. The fourth-order valence-electron chi connectivity index (χ4n) is 2.33. The molecule has 0 aromatic heterocycles. The predicted octanol–water partition coefficient (Wildman–Crippen LogP) is 2.23. The number of likely N-dealkylation sites (N-methyl/N-ethyl adjacent to an activating group) is 1. The Balaban J connectivity index is 2.10. The van der Waals surface area contributed by atoms with Crippen molar-refractivity contribution in [1.82, 2.24) is 9.80 Å². The molecule has 1 heterocycles. The van der Waals surface area contributed by atoms with E-state index in [2.05, 4.69) is 34.9 Å². The Kier molecular flexibility index (Phi) is 4.47. The first-order chi connectivity index (χ1) is 9.02. The van der Waals surface area contributed by atoms with Crippen LogP contribution in [-0.4, -0.2) is 56.0 Å². The summed E-state index contributed by atoms with van der Waals surface area (Å²) in [5.74, 6) is 0.830. The van der Waals surface area contributed by atoms with Crippen LogP contribution in [0.15, 0.2) is 22.7 Å². The number of likely N-dealkylation sites (tertiary alicyclic amines) is 1. The molecule has 2 rings (SSSR count). The summed E-state index contributed by atoms with van der Waals surface area (Å²) in [7, 11) is 5.73. The smallest absolute Gasteiger partial charge is 0.253 e. The first kappa shape index (κ1) is 14.3. The zero-order chi connectivity index (χ0) is 14.0. The van der Waals surface area contributed by atoms with Crippen molar-refractivity contribution in [1.29, 1.82) is 0 Å². The molecule has 0 saturated carbocycles. The molecule has 1 aliphatic heterocycles. The average Bonchev–Trinajstić information content (AvgIpc) is 2.87. The van der Waals surface area contributed by atoms with Crippen molar-refractivity contribution in [3.63, 3.8) is 0 Å². The first-order valence-electron chi connectivity index (χ1n) is 6.32. The van der Waals surface area contributed by atoms with Crippen molar-refractivity contribution in [2.75, 3.05) is 34.3 Å². The molecule has 1 aromatic rings. The second-order valence-electron chi connectivity index (χ2n) is 5.01. The molecule has 1 fully saturated rings. The Morgan fingerprint density at radius 3 is 2.74 bits per heavy atom. The Bertz CT molecular complexity index is 477. The van der Waals surface area contributed by atoms with Gasteiger partial charge in [-0.2, -0.15) is 0 Å². The van der Waals surface area contributed by atoms with Gasteiger partial charge in [-0.1, -0.05) is 0 Å². The minimum absolute atomic E-state index is 0.0905.